The summed E-state index contributed by atoms with van der Waals surface area (Å²) in [5.41, 5.74) is 2.80. The van der Waals surface area contributed by atoms with Crippen molar-refractivity contribution in [1.82, 2.24) is 26.3 Å². The second-order valence-electron chi connectivity index (χ2n) is 15.5. The number of halogens is 1. The van der Waals surface area contributed by atoms with Gasteiger partial charge < -0.3 is 20.9 Å². The first-order valence-corrected chi connectivity index (χ1v) is 17.9. The summed E-state index contributed by atoms with van der Waals surface area (Å²) in [6.07, 6.45) is 9.96. The molecule has 2 heterocycles. The van der Waals surface area contributed by atoms with Crippen molar-refractivity contribution in [3.8, 4) is 0 Å². The second kappa shape index (κ2) is 15.0. The minimum atomic E-state index is -1.13. The van der Waals surface area contributed by atoms with Crippen molar-refractivity contribution in [3.05, 3.63) is 41.2 Å². The number of hydrogen-bond donors (Lipinski definition) is 4. The van der Waals surface area contributed by atoms with Gasteiger partial charge in [-0.25, -0.2) is 4.39 Å². The largest absolute Gasteiger partial charge is 0.347 e. The quantitative estimate of drug-likeness (QED) is 0.244. The summed E-state index contributed by atoms with van der Waals surface area (Å²) in [7, 11) is 0. The third kappa shape index (κ3) is 8.87. The van der Waals surface area contributed by atoms with Crippen molar-refractivity contribution in [2.75, 3.05) is 6.54 Å². The van der Waals surface area contributed by atoms with Crippen molar-refractivity contribution >= 4 is 35.1 Å². The number of hydrogen-bond acceptors (Lipinski definition) is 7. The molecule has 1 saturated heterocycles. The Morgan fingerprint density at radius 3 is 2.41 bits per heavy atom. The lowest BCUT2D eigenvalue weighted by molar-refractivity contribution is -0.145. The van der Waals surface area contributed by atoms with E-state index in [1.807, 2.05) is 27.7 Å². The predicted molar refractivity (Wildman–Crippen MR) is 182 cm³/mol. The molecular weight excluding hydrogens is 629 g/mol. The first-order chi connectivity index (χ1) is 23.2. The Hall–Kier alpha value is -3.80. The number of benzene rings is 1. The molecule has 5 rings (SSSR count). The molecule has 2 saturated carbocycles. The van der Waals surface area contributed by atoms with Crippen LogP contribution in [0.1, 0.15) is 109 Å². The Balaban J connectivity index is 1.41. The lowest BCUT2D eigenvalue weighted by atomic mass is 9.84. The number of Topliss-reactive ketones (excluding diaryl/α,β-unsaturated/α-hetero) is 1. The number of carbonyl (C=O) groups excluding carboxylic acids is 5. The first kappa shape index (κ1) is 36.5. The highest BCUT2D eigenvalue weighted by Gasteiger charge is 2.54. The average Bonchev–Trinajstić information content (AvgIpc) is 3.65. The molecule has 0 aromatic heterocycles. The van der Waals surface area contributed by atoms with Crippen molar-refractivity contribution in [2.24, 2.45) is 11.3 Å². The normalized spacial score (nSPS) is 23.8. The van der Waals surface area contributed by atoms with Gasteiger partial charge in [0.15, 0.2) is 0 Å². The first-order valence-electron chi connectivity index (χ1n) is 17.9. The zero-order valence-corrected chi connectivity index (χ0v) is 29.5. The third-order valence-corrected chi connectivity index (χ3v) is 10.1. The standard InChI is InChI=1S/C37H52FN5O6/c1-6-10-27(31(45)34(47)39-25-14-15-25)40-33(46)29-20-37(19-28(42-49-37)24-13-16-26(38)22(2)17-24)21-43(29)35(48)32(36(3,4)5)41-30(44)18-23-11-8-7-9-12-23/h13,16-17,19,23,25,27,29,32,42H,6-12,14-15,18,20-21H2,1-5H3,(H,39,47)(H,40,46)(H,41,44)/t27-,29-,32+,37+/m0/s1. The molecular formula is C37H52FN5O6. The van der Waals surface area contributed by atoms with E-state index in [0.29, 0.717) is 29.7 Å². The van der Waals surface area contributed by atoms with E-state index >= 15 is 0 Å². The highest BCUT2D eigenvalue weighted by Crippen LogP contribution is 2.39. The van der Waals surface area contributed by atoms with Gasteiger partial charge in [0.2, 0.25) is 23.5 Å². The van der Waals surface area contributed by atoms with Crippen LogP contribution in [-0.4, -0.2) is 70.6 Å². The van der Waals surface area contributed by atoms with Crippen LogP contribution in [0.4, 0.5) is 4.39 Å². The fourth-order valence-electron chi connectivity index (χ4n) is 7.13. The van der Waals surface area contributed by atoms with Crippen LogP contribution in [-0.2, 0) is 28.8 Å². The number of hydroxylamine groups is 1. The molecule has 1 spiro atoms. The van der Waals surface area contributed by atoms with Gasteiger partial charge in [0.1, 0.15) is 23.5 Å². The minimum absolute atomic E-state index is 0.0137. The molecule has 268 valence electrons. The topological polar surface area (TPSA) is 146 Å². The van der Waals surface area contributed by atoms with Gasteiger partial charge in [0.25, 0.3) is 5.91 Å². The maximum absolute atomic E-state index is 14.6. The molecule has 3 fully saturated rings. The van der Waals surface area contributed by atoms with Gasteiger partial charge >= 0.3 is 0 Å². The zero-order valence-electron chi connectivity index (χ0n) is 29.5. The molecule has 49 heavy (non-hydrogen) atoms. The van der Waals surface area contributed by atoms with Gasteiger partial charge in [-0.05, 0) is 80.2 Å². The van der Waals surface area contributed by atoms with E-state index in [4.69, 9.17) is 4.84 Å². The van der Waals surface area contributed by atoms with Crippen LogP contribution in [0.2, 0.25) is 0 Å². The van der Waals surface area contributed by atoms with E-state index in [-0.39, 0.29) is 43.1 Å². The molecule has 1 aromatic carbocycles. The number of rotatable bonds is 12. The van der Waals surface area contributed by atoms with E-state index in [1.54, 1.807) is 25.1 Å². The summed E-state index contributed by atoms with van der Waals surface area (Å²) >= 11 is 0. The summed E-state index contributed by atoms with van der Waals surface area (Å²) in [5.74, 6) is -2.72. The van der Waals surface area contributed by atoms with E-state index in [1.165, 1.54) is 17.4 Å². The van der Waals surface area contributed by atoms with E-state index in [9.17, 15) is 28.4 Å². The summed E-state index contributed by atoms with van der Waals surface area (Å²) < 4.78 is 14.0. The van der Waals surface area contributed by atoms with Gasteiger partial charge in [-0.2, -0.15) is 0 Å². The summed E-state index contributed by atoms with van der Waals surface area (Å²) in [6, 6.07) is 1.59. The molecule has 4 amide bonds. The number of amides is 4. The summed E-state index contributed by atoms with van der Waals surface area (Å²) in [4.78, 5) is 75.4. The Morgan fingerprint density at radius 1 is 1.06 bits per heavy atom. The molecule has 4 N–H and O–H groups in total. The van der Waals surface area contributed by atoms with Crippen LogP contribution in [0.15, 0.2) is 24.3 Å². The smallest absolute Gasteiger partial charge is 0.289 e. The Labute approximate surface area is 288 Å². The van der Waals surface area contributed by atoms with E-state index in [0.717, 1.165) is 38.5 Å². The molecule has 2 aliphatic heterocycles. The monoisotopic (exact) mass is 681 g/mol. The van der Waals surface area contributed by atoms with Gasteiger partial charge in [0, 0.05) is 24.4 Å². The Morgan fingerprint density at radius 2 is 1.78 bits per heavy atom. The van der Waals surface area contributed by atoms with Crippen LogP contribution >= 0.6 is 0 Å². The van der Waals surface area contributed by atoms with Gasteiger partial charge in [-0.1, -0.05) is 53.4 Å². The zero-order chi connectivity index (χ0) is 35.5. The highest BCUT2D eigenvalue weighted by atomic mass is 19.1. The molecule has 1 aromatic rings. The number of aryl methyl sites for hydroxylation is 1. The van der Waals surface area contributed by atoms with Crippen LogP contribution < -0.4 is 21.4 Å². The highest BCUT2D eigenvalue weighted by molar-refractivity contribution is 6.38. The molecule has 0 bridgehead atoms. The lowest BCUT2D eigenvalue weighted by Gasteiger charge is -2.36. The Bertz CT molecular complexity index is 1480. The fourth-order valence-corrected chi connectivity index (χ4v) is 7.13. The second-order valence-corrected chi connectivity index (χ2v) is 15.5. The number of likely N-dealkylation sites (tertiary alicyclic amines) is 1. The summed E-state index contributed by atoms with van der Waals surface area (Å²) in [5, 5.41) is 8.50. The molecule has 4 atom stereocenters. The van der Waals surface area contributed by atoms with Gasteiger partial charge in [-0.3, -0.25) is 34.3 Å². The van der Waals surface area contributed by atoms with Crippen molar-refractivity contribution in [3.63, 3.8) is 0 Å². The molecule has 0 unspecified atom stereocenters. The van der Waals surface area contributed by atoms with Crippen LogP contribution in [0.5, 0.6) is 0 Å². The molecule has 12 heteroatoms. The lowest BCUT2D eigenvalue weighted by Crippen LogP contribution is -2.59. The molecule has 4 aliphatic rings. The fraction of sp³-hybridized carbons (Fsp3) is 0.649. The molecule has 0 radical (unpaired) electrons. The van der Waals surface area contributed by atoms with Crippen LogP contribution in [0, 0.1) is 24.1 Å². The number of ketones is 1. The van der Waals surface area contributed by atoms with Gasteiger partial charge in [0.05, 0.1) is 18.3 Å². The van der Waals surface area contributed by atoms with E-state index in [2.05, 4.69) is 21.4 Å². The average molecular weight is 682 g/mol. The maximum atomic E-state index is 14.6. The van der Waals surface area contributed by atoms with Crippen molar-refractivity contribution in [2.45, 2.75) is 135 Å². The van der Waals surface area contributed by atoms with Crippen LogP contribution in [0.25, 0.3) is 5.70 Å². The maximum Gasteiger partial charge on any atom is 0.289 e. The molecule has 2 aliphatic carbocycles. The number of carbonyl (C=O) groups is 5. The van der Waals surface area contributed by atoms with Crippen LogP contribution in [0.3, 0.4) is 0 Å². The van der Waals surface area contributed by atoms with Crippen molar-refractivity contribution in [1.29, 1.82) is 0 Å². The van der Waals surface area contributed by atoms with Crippen molar-refractivity contribution < 1.29 is 33.2 Å². The predicted octanol–water partition coefficient (Wildman–Crippen LogP) is 3.98. The number of nitrogens with zero attached hydrogens (tertiary/aromatic N) is 1. The molecule has 11 nitrogen and oxygen atoms in total. The number of nitrogens with one attached hydrogen (secondary N) is 4. The minimum Gasteiger partial charge on any atom is -0.347 e. The van der Waals surface area contributed by atoms with Gasteiger partial charge in [-0.15, -0.1) is 0 Å². The SMILES string of the molecule is CCC[C@H](NC(=O)[C@@H]1C[C@]2(C=C(c3ccc(F)c(C)c3)NO2)CN1C(=O)[C@@H](NC(=O)CC1CCCCC1)C(C)(C)C)C(=O)C(=O)NC1CC1. The third-order valence-electron chi connectivity index (χ3n) is 10.1. The van der Waals surface area contributed by atoms with E-state index < -0.39 is 52.6 Å². The Kier molecular flexibility index (Phi) is 11.2. The summed E-state index contributed by atoms with van der Waals surface area (Å²) in [6.45, 7) is 9.11.